The van der Waals surface area contributed by atoms with Gasteiger partial charge in [0.05, 0.1) is 0 Å². The molecule has 0 aromatic carbocycles. The van der Waals surface area contributed by atoms with E-state index in [0.717, 1.165) is 6.42 Å². The van der Waals surface area contributed by atoms with Crippen molar-refractivity contribution in [3.8, 4) is 0 Å². The molecule has 0 saturated heterocycles. The van der Waals surface area contributed by atoms with E-state index >= 15 is 0 Å². The van der Waals surface area contributed by atoms with Gasteiger partial charge in [-0.05, 0) is 17.9 Å². The average Bonchev–Trinajstić information content (AvgIpc) is 2.82. The molecule has 1 N–H and O–H groups in total. The molecule has 2 nitrogen and oxygen atoms in total. The van der Waals surface area contributed by atoms with Crippen LogP contribution in [0, 0.1) is 5.92 Å². The summed E-state index contributed by atoms with van der Waals surface area (Å²) < 4.78 is 0. The zero-order valence-electron chi connectivity index (χ0n) is 7.90. The monoisotopic (exact) mass is 207 g/mol. The second kappa shape index (κ2) is 3.96. The van der Waals surface area contributed by atoms with Crippen LogP contribution in [0.4, 0.5) is 0 Å². The Balaban J connectivity index is 1.87. The summed E-state index contributed by atoms with van der Waals surface area (Å²) in [6.45, 7) is 4.14. The molecular weight excluding hydrogens is 194 g/mol. The van der Waals surface area contributed by atoms with E-state index in [0.29, 0.717) is 12.5 Å². The van der Waals surface area contributed by atoms with Crippen LogP contribution in [0.1, 0.15) is 17.2 Å². The molecule has 1 aliphatic carbocycles. The Morgan fingerprint density at radius 3 is 3.29 bits per heavy atom. The smallest absolute Gasteiger partial charge is 0.224 e. The van der Waals surface area contributed by atoms with Crippen LogP contribution in [-0.4, -0.2) is 12.5 Å². The molecule has 0 bridgehead atoms. The third-order valence-corrected chi connectivity index (χ3v) is 3.46. The topological polar surface area (TPSA) is 29.1 Å². The summed E-state index contributed by atoms with van der Waals surface area (Å²) in [5.74, 6) is 0.844. The summed E-state index contributed by atoms with van der Waals surface area (Å²) in [5.41, 5.74) is 0. The highest BCUT2D eigenvalue weighted by Crippen LogP contribution is 2.48. The maximum atomic E-state index is 11.5. The van der Waals surface area contributed by atoms with Crippen molar-refractivity contribution in [2.24, 2.45) is 5.92 Å². The van der Waals surface area contributed by atoms with Gasteiger partial charge < -0.3 is 5.32 Å². The fraction of sp³-hybridized carbons (Fsp3) is 0.364. The molecule has 1 aromatic rings. The van der Waals surface area contributed by atoms with Crippen LogP contribution in [0.15, 0.2) is 30.2 Å². The molecule has 74 valence electrons. The van der Waals surface area contributed by atoms with Gasteiger partial charge in [0.2, 0.25) is 5.91 Å². The molecule has 1 fully saturated rings. The number of carbonyl (C=O) groups excluding carboxylic acids is 1. The predicted molar refractivity (Wildman–Crippen MR) is 58.4 cm³/mol. The van der Waals surface area contributed by atoms with E-state index in [2.05, 4.69) is 23.3 Å². The van der Waals surface area contributed by atoms with Crippen LogP contribution in [0.3, 0.4) is 0 Å². The minimum atomic E-state index is 0.170. The molecule has 2 atom stereocenters. The molecule has 0 aliphatic heterocycles. The minimum Gasteiger partial charge on any atom is -0.352 e. The maximum absolute atomic E-state index is 11.5. The van der Waals surface area contributed by atoms with Gasteiger partial charge in [0, 0.05) is 23.3 Å². The van der Waals surface area contributed by atoms with E-state index in [-0.39, 0.29) is 11.8 Å². The SMILES string of the molecule is C=CCNC(=O)C1CC1c1cccs1. The normalized spacial score (nSPS) is 24.3. The Bertz CT molecular complexity index is 331. The fourth-order valence-electron chi connectivity index (χ4n) is 1.61. The van der Waals surface area contributed by atoms with Gasteiger partial charge in [0.15, 0.2) is 0 Å². The van der Waals surface area contributed by atoms with Crippen molar-refractivity contribution < 1.29 is 4.79 Å². The van der Waals surface area contributed by atoms with Crippen LogP contribution in [-0.2, 0) is 4.79 Å². The summed E-state index contributed by atoms with van der Waals surface area (Å²) in [4.78, 5) is 12.9. The zero-order chi connectivity index (χ0) is 9.97. The largest absolute Gasteiger partial charge is 0.352 e. The lowest BCUT2D eigenvalue weighted by Crippen LogP contribution is -2.25. The van der Waals surface area contributed by atoms with Crippen molar-refractivity contribution in [3.63, 3.8) is 0 Å². The maximum Gasteiger partial charge on any atom is 0.224 e. The molecule has 14 heavy (non-hydrogen) atoms. The minimum absolute atomic E-state index is 0.170. The summed E-state index contributed by atoms with van der Waals surface area (Å²) in [6.07, 6.45) is 2.71. The van der Waals surface area contributed by atoms with Gasteiger partial charge in [-0.1, -0.05) is 12.1 Å². The first-order valence-corrected chi connectivity index (χ1v) is 5.63. The number of carbonyl (C=O) groups is 1. The number of hydrogen-bond donors (Lipinski definition) is 1. The Morgan fingerprint density at radius 1 is 1.79 bits per heavy atom. The molecule has 2 unspecified atom stereocenters. The van der Waals surface area contributed by atoms with E-state index < -0.39 is 0 Å². The summed E-state index contributed by atoms with van der Waals surface area (Å²) in [5, 5.41) is 4.90. The van der Waals surface area contributed by atoms with Gasteiger partial charge in [0.25, 0.3) is 0 Å². The van der Waals surface area contributed by atoms with Crippen molar-refractivity contribution in [3.05, 3.63) is 35.0 Å². The van der Waals surface area contributed by atoms with Crippen molar-refractivity contribution in [2.75, 3.05) is 6.54 Å². The molecule has 1 heterocycles. The number of amides is 1. The van der Waals surface area contributed by atoms with Crippen LogP contribution < -0.4 is 5.32 Å². The van der Waals surface area contributed by atoms with Gasteiger partial charge in [-0.3, -0.25) is 4.79 Å². The lowest BCUT2D eigenvalue weighted by atomic mass is 10.2. The first-order valence-electron chi connectivity index (χ1n) is 4.75. The van der Waals surface area contributed by atoms with Gasteiger partial charge in [-0.2, -0.15) is 0 Å². The second-order valence-electron chi connectivity index (χ2n) is 3.50. The quantitative estimate of drug-likeness (QED) is 0.753. The molecular formula is C11H13NOS. The highest BCUT2D eigenvalue weighted by molar-refractivity contribution is 7.10. The Hall–Kier alpha value is -1.09. The Morgan fingerprint density at radius 2 is 2.64 bits per heavy atom. The third kappa shape index (κ3) is 1.87. The van der Waals surface area contributed by atoms with Crippen LogP contribution in [0.25, 0.3) is 0 Å². The first-order chi connectivity index (χ1) is 6.83. The predicted octanol–water partition coefficient (Wildman–Crippen LogP) is 2.15. The number of rotatable bonds is 4. The molecule has 2 rings (SSSR count). The molecule has 0 spiro atoms. The highest BCUT2D eigenvalue weighted by atomic mass is 32.1. The third-order valence-electron chi connectivity index (χ3n) is 2.46. The zero-order valence-corrected chi connectivity index (χ0v) is 8.72. The van der Waals surface area contributed by atoms with Crippen LogP contribution in [0.2, 0.25) is 0 Å². The van der Waals surface area contributed by atoms with E-state index in [1.807, 2.05) is 6.07 Å². The summed E-state index contributed by atoms with van der Waals surface area (Å²) in [7, 11) is 0. The van der Waals surface area contributed by atoms with Gasteiger partial charge in [-0.15, -0.1) is 17.9 Å². The number of hydrogen-bond acceptors (Lipinski definition) is 2. The molecule has 3 heteroatoms. The van der Waals surface area contributed by atoms with Gasteiger partial charge in [0.1, 0.15) is 0 Å². The molecule has 1 aromatic heterocycles. The van der Waals surface area contributed by atoms with E-state index in [4.69, 9.17) is 0 Å². The molecule has 0 radical (unpaired) electrons. The second-order valence-corrected chi connectivity index (χ2v) is 4.48. The fourth-order valence-corrected chi connectivity index (χ4v) is 2.51. The lowest BCUT2D eigenvalue weighted by Gasteiger charge is -1.99. The standard InChI is InChI=1S/C11H13NOS/c1-2-5-12-11(13)9-7-8(9)10-4-3-6-14-10/h2-4,6,8-9H,1,5,7H2,(H,12,13). The number of nitrogens with one attached hydrogen (secondary N) is 1. The number of thiophene rings is 1. The molecule has 1 saturated carbocycles. The average molecular weight is 207 g/mol. The summed E-state index contributed by atoms with van der Waals surface area (Å²) in [6, 6.07) is 4.15. The Kier molecular flexibility index (Phi) is 2.68. The highest BCUT2D eigenvalue weighted by Gasteiger charge is 2.44. The van der Waals surface area contributed by atoms with E-state index in [1.165, 1.54) is 4.88 Å². The van der Waals surface area contributed by atoms with Crippen molar-refractivity contribution in [2.45, 2.75) is 12.3 Å². The van der Waals surface area contributed by atoms with Crippen LogP contribution in [0.5, 0.6) is 0 Å². The van der Waals surface area contributed by atoms with E-state index in [1.54, 1.807) is 17.4 Å². The lowest BCUT2D eigenvalue weighted by molar-refractivity contribution is -0.122. The molecule has 1 amide bonds. The van der Waals surface area contributed by atoms with Crippen LogP contribution >= 0.6 is 11.3 Å². The first kappa shape index (κ1) is 9.46. The summed E-state index contributed by atoms with van der Waals surface area (Å²) >= 11 is 1.74. The van der Waals surface area contributed by atoms with Crippen molar-refractivity contribution in [1.82, 2.24) is 5.32 Å². The van der Waals surface area contributed by atoms with Gasteiger partial charge >= 0.3 is 0 Å². The Labute approximate surface area is 87.6 Å². The molecule has 1 aliphatic rings. The van der Waals surface area contributed by atoms with Gasteiger partial charge in [-0.25, -0.2) is 0 Å². The van der Waals surface area contributed by atoms with E-state index in [9.17, 15) is 4.79 Å². The van der Waals surface area contributed by atoms with Crippen molar-refractivity contribution in [1.29, 1.82) is 0 Å². The van der Waals surface area contributed by atoms with Crippen molar-refractivity contribution >= 4 is 17.2 Å².